The molecule has 0 spiro atoms. The highest BCUT2D eigenvalue weighted by molar-refractivity contribution is 7.98. The van der Waals surface area contributed by atoms with E-state index in [0.29, 0.717) is 10.8 Å². The van der Waals surface area contributed by atoms with Gasteiger partial charge in [-0.2, -0.15) is 13.2 Å². The molecule has 0 aliphatic heterocycles. The Morgan fingerprint density at radius 2 is 1.89 bits per heavy atom. The van der Waals surface area contributed by atoms with E-state index in [1.54, 1.807) is 12.1 Å². The number of aromatic nitrogens is 1. The fourth-order valence-corrected chi connectivity index (χ4v) is 2.20. The van der Waals surface area contributed by atoms with Crippen molar-refractivity contribution in [2.45, 2.75) is 17.0 Å². The largest absolute Gasteiger partial charge is 0.417 e. The van der Waals surface area contributed by atoms with E-state index < -0.39 is 11.7 Å². The minimum atomic E-state index is -4.38. The van der Waals surface area contributed by atoms with Crippen LogP contribution in [0.2, 0.25) is 0 Å². The van der Waals surface area contributed by atoms with Crippen molar-refractivity contribution in [3.05, 3.63) is 59.5 Å². The van der Waals surface area contributed by atoms with Crippen LogP contribution in [0, 0.1) is 5.82 Å². The molecule has 0 saturated heterocycles. The lowest BCUT2D eigenvalue weighted by Crippen LogP contribution is -2.05. The number of thioether (sulfide) groups is 1. The molecule has 0 aliphatic rings. The minimum Gasteiger partial charge on any atom is -0.249 e. The van der Waals surface area contributed by atoms with E-state index in [-0.39, 0.29) is 5.82 Å². The molecule has 0 bridgehead atoms. The van der Waals surface area contributed by atoms with Crippen LogP contribution < -0.4 is 0 Å². The molecule has 0 amide bonds. The van der Waals surface area contributed by atoms with Gasteiger partial charge in [0.05, 0.1) is 10.6 Å². The zero-order valence-corrected chi connectivity index (χ0v) is 10.4. The van der Waals surface area contributed by atoms with Gasteiger partial charge in [0.15, 0.2) is 0 Å². The van der Waals surface area contributed by atoms with Crippen LogP contribution in [0.4, 0.5) is 17.6 Å². The van der Waals surface area contributed by atoms with Gasteiger partial charge >= 0.3 is 6.18 Å². The Hall–Kier alpha value is -1.56. The van der Waals surface area contributed by atoms with Gasteiger partial charge < -0.3 is 0 Å². The molecule has 1 nitrogen and oxygen atoms in total. The molecule has 0 aliphatic carbocycles. The predicted octanol–water partition coefficient (Wildman–Crippen LogP) is 4.53. The molecule has 0 saturated carbocycles. The summed E-state index contributed by atoms with van der Waals surface area (Å²) >= 11 is 1.26. The highest BCUT2D eigenvalue weighted by Crippen LogP contribution is 2.30. The fourth-order valence-electron chi connectivity index (χ4n) is 1.42. The number of nitrogens with zero attached hydrogens (tertiary/aromatic N) is 1. The van der Waals surface area contributed by atoms with Crippen molar-refractivity contribution >= 4 is 11.8 Å². The zero-order valence-electron chi connectivity index (χ0n) is 9.62. The third kappa shape index (κ3) is 3.96. The van der Waals surface area contributed by atoms with Gasteiger partial charge in [-0.25, -0.2) is 9.37 Å². The van der Waals surface area contributed by atoms with Crippen molar-refractivity contribution in [1.82, 2.24) is 4.98 Å². The molecular weight excluding hydrogens is 278 g/mol. The summed E-state index contributed by atoms with van der Waals surface area (Å²) in [6.07, 6.45) is -3.58. The van der Waals surface area contributed by atoms with Gasteiger partial charge in [0.25, 0.3) is 0 Å². The van der Waals surface area contributed by atoms with Crippen molar-refractivity contribution in [1.29, 1.82) is 0 Å². The van der Waals surface area contributed by atoms with E-state index in [1.807, 2.05) is 0 Å². The van der Waals surface area contributed by atoms with Crippen LogP contribution in [0.25, 0.3) is 0 Å². The second kappa shape index (κ2) is 5.61. The second-order valence-electron chi connectivity index (χ2n) is 3.80. The maximum Gasteiger partial charge on any atom is 0.417 e. The lowest BCUT2D eigenvalue weighted by atomic mass is 10.2. The van der Waals surface area contributed by atoms with E-state index in [0.717, 1.165) is 17.8 Å². The van der Waals surface area contributed by atoms with E-state index in [9.17, 15) is 17.6 Å². The minimum absolute atomic E-state index is 0.335. The number of halogens is 4. The van der Waals surface area contributed by atoms with E-state index in [2.05, 4.69) is 4.98 Å². The first-order valence-corrected chi connectivity index (χ1v) is 6.34. The highest BCUT2D eigenvalue weighted by atomic mass is 32.2. The van der Waals surface area contributed by atoms with Crippen LogP contribution in [0.3, 0.4) is 0 Å². The van der Waals surface area contributed by atoms with Crippen LogP contribution in [-0.4, -0.2) is 4.98 Å². The van der Waals surface area contributed by atoms with Crippen molar-refractivity contribution in [3.8, 4) is 0 Å². The summed E-state index contributed by atoms with van der Waals surface area (Å²) in [6, 6.07) is 8.36. The Balaban J connectivity index is 2.01. The monoisotopic (exact) mass is 287 g/mol. The standard InChI is InChI=1S/C13H9F4NS/c14-11-3-1-2-9(6-11)8-19-12-5-4-10(7-18-12)13(15,16)17/h1-7H,8H2. The molecule has 0 fully saturated rings. The number of benzene rings is 1. The first-order chi connectivity index (χ1) is 8.95. The lowest BCUT2D eigenvalue weighted by molar-refractivity contribution is -0.137. The van der Waals surface area contributed by atoms with Gasteiger partial charge in [0, 0.05) is 11.9 Å². The topological polar surface area (TPSA) is 12.9 Å². The third-order valence-corrected chi connectivity index (χ3v) is 3.35. The quantitative estimate of drug-likeness (QED) is 0.607. The molecule has 2 aromatic rings. The molecule has 0 unspecified atom stereocenters. The van der Waals surface area contributed by atoms with Gasteiger partial charge in [0.1, 0.15) is 5.82 Å². The maximum atomic E-state index is 12.9. The molecule has 19 heavy (non-hydrogen) atoms. The first-order valence-electron chi connectivity index (χ1n) is 5.35. The van der Waals surface area contributed by atoms with Gasteiger partial charge in [-0.3, -0.25) is 0 Å². The molecule has 1 aromatic carbocycles. The molecule has 1 heterocycles. The fraction of sp³-hybridized carbons (Fsp3) is 0.154. The average molecular weight is 287 g/mol. The summed E-state index contributed by atoms with van der Waals surface area (Å²) in [7, 11) is 0. The van der Waals surface area contributed by atoms with Crippen LogP contribution in [0.15, 0.2) is 47.6 Å². The molecular formula is C13H9F4NS. The Bertz CT molecular complexity index is 551. The Kier molecular flexibility index (Phi) is 4.09. The second-order valence-corrected chi connectivity index (χ2v) is 4.80. The third-order valence-electron chi connectivity index (χ3n) is 2.34. The maximum absolute atomic E-state index is 12.9. The summed E-state index contributed by atoms with van der Waals surface area (Å²) in [6.45, 7) is 0. The van der Waals surface area contributed by atoms with Crippen molar-refractivity contribution in [2.24, 2.45) is 0 Å². The SMILES string of the molecule is Fc1cccc(CSc2ccc(C(F)(F)F)cn2)c1. The summed E-state index contributed by atoms with van der Waals surface area (Å²) in [4.78, 5) is 3.73. The van der Waals surface area contributed by atoms with Gasteiger partial charge in [-0.15, -0.1) is 11.8 Å². The van der Waals surface area contributed by atoms with E-state index >= 15 is 0 Å². The smallest absolute Gasteiger partial charge is 0.249 e. The number of hydrogen-bond acceptors (Lipinski definition) is 2. The molecule has 2 rings (SSSR count). The Morgan fingerprint density at radius 3 is 2.47 bits per heavy atom. The van der Waals surface area contributed by atoms with Gasteiger partial charge in [-0.1, -0.05) is 12.1 Å². The Morgan fingerprint density at radius 1 is 1.11 bits per heavy atom. The number of rotatable bonds is 3. The van der Waals surface area contributed by atoms with Crippen LogP contribution in [0.1, 0.15) is 11.1 Å². The van der Waals surface area contributed by atoms with E-state index in [4.69, 9.17) is 0 Å². The van der Waals surface area contributed by atoms with Crippen LogP contribution in [0.5, 0.6) is 0 Å². The lowest BCUT2D eigenvalue weighted by Gasteiger charge is -2.06. The van der Waals surface area contributed by atoms with Crippen molar-refractivity contribution in [2.75, 3.05) is 0 Å². The van der Waals surface area contributed by atoms with Crippen LogP contribution in [-0.2, 0) is 11.9 Å². The molecule has 0 atom stereocenters. The Labute approximate surface area is 111 Å². The highest BCUT2D eigenvalue weighted by Gasteiger charge is 2.30. The van der Waals surface area contributed by atoms with Crippen molar-refractivity contribution in [3.63, 3.8) is 0 Å². The molecule has 6 heteroatoms. The summed E-state index contributed by atoms with van der Waals surface area (Å²) in [5.41, 5.74) is -0.0192. The molecule has 0 radical (unpaired) electrons. The summed E-state index contributed by atoms with van der Waals surface area (Å²) in [5.74, 6) is 0.120. The number of alkyl halides is 3. The van der Waals surface area contributed by atoms with E-state index in [1.165, 1.54) is 30.0 Å². The number of hydrogen-bond donors (Lipinski definition) is 0. The van der Waals surface area contributed by atoms with Crippen LogP contribution >= 0.6 is 11.8 Å². The zero-order chi connectivity index (χ0) is 13.9. The van der Waals surface area contributed by atoms with Gasteiger partial charge in [0.2, 0.25) is 0 Å². The normalized spacial score (nSPS) is 11.6. The number of pyridine rings is 1. The van der Waals surface area contributed by atoms with Crippen molar-refractivity contribution < 1.29 is 17.6 Å². The van der Waals surface area contributed by atoms with Gasteiger partial charge in [-0.05, 0) is 29.8 Å². The summed E-state index contributed by atoms with van der Waals surface area (Å²) < 4.78 is 49.9. The summed E-state index contributed by atoms with van der Waals surface area (Å²) in [5, 5.41) is 0.470. The average Bonchev–Trinajstić information content (AvgIpc) is 2.36. The molecule has 1 aromatic heterocycles. The molecule has 0 N–H and O–H groups in total. The first kappa shape index (κ1) is 13.9. The predicted molar refractivity (Wildman–Crippen MR) is 65.2 cm³/mol. The molecule has 100 valence electrons.